The number of hydrogen-bond acceptors (Lipinski definition) is 0. The van der Waals surface area contributed by atoms with Gasteiger partial charge in [0.25, 0.3) is 0 Å². The van der Waals surface area contributed by atoms with Crippen LogP contribution in [0.4, 0.5) is 57.1 Å². The van der Waals surface area contributed by atoms with Crippen molar-refractivity contribution in [1.29, 1.82) is 0 Å². The first-order valence-corrected chi connectivity index (χ1v) is 5.61. The van der Waals surface area contributed by atoms with Crippen LogP contribution >= 0.6 is 0 Å². The molecule has 0 aliphatic heterocycles. The summed E-state index contributed by atoms with van der Waals surface area (Å²) in [5, 5.41) is 0. The lowest BCUT2D eigenvalue weighted by molar-refractivity contribution is -0.443. The van der Waals surface area contributed by atoms with E-state index in [1.54, 1.807) is 0 Å². The summed E-state index contributed by atoms with van der Waals surface area (Å²) in [6.07, 6.45) is -7.34. The fraction of sp³-hybridized carbons (Fsp3) is 1.00. The van der Waals surface area contributed by atoms with Gasteiger partial charge in [-0.15, -0.1) is 0 Å². The van der Waals surface area contributed by atoms with Crippen molar-refractivity contribution in [3.8, 4) is 0 Å². The van der Waals surface area contributed by atoms with Crippen molar-refractivity contribution < 1.29 is 57.1 Å². The van der Waals surface area contributed by atoms with Crippen molar-refractivity contribution >= 4 is 0 Å². The second-order valence-electron chi connectivity index (χ2n) is 5.01. The van der Waals surface area contributed by atoms with E-state index in [4.69, 9.17) is 0 Å². The molecule has 0 amide bonds. The predicted molar refractivity (Wildman–Crippen MR) is 57.0 cm³/mol. The summed E-state index contributed by atoms with van der Waals surface area (Å²) >= 11 is 0. The van der Waals surface area contributed by atoms with Crippen LogP contribution in [-0.4, -0.2) is 35.8 Å². The maximum atomic E-state index is 12.3. The predicted octanol–water partition coefficient (Wildman–Crippen LogP) is 6.41. The molecule has 1 fully saturated rings. The molecule has 0 unspecified atom stereocenters. The van der Waals surface area contributed by atoms with Gasteiger partial charge in [0.1, 0.15) is 0 Å². The van der Waals surface area contributed by atoms with Gasteiger partial charge in [0.15, 0.2) is 0 Å². The van der Waals surface area contributed by atoms with E-state index >= 15 is 0 Å². The Morgan fingerprint density at radius 1 is 0.625 bits per heavy atom. The molecule has 0 heterocycles. The van der Waals surface area contributed by atoms with Crippen molar-refractivity contribution in [2.75, 3.05) is 0 Å². The summed E-state index contributed by atoms with van der Waals surface area (Å²) in [6.45, 7) is 2.25. The minimum atomic E-state index is -6.83. The first-order valence-electron chi connectivity index (χ1n) is 5.61. The topological polar surface area (TPSA) is 0 Å². The molecule has 0 radical (unpaired) electrons. The summed E-state index contributed by atoms with van der Waals surface area (Å²) in [5.74, 6) is -32.9. The summed E-state index contributed by atoms with van der Waals surface area (Å²) in [4.78, 5) is 0. The summed E-state index contributed by atoms with van der Waals surface area (Å²) < 4.78 is 156. The van der Waals surface area contributed by atoms with E-state index in [9.17, 15) is 57.1 Å². The lowest BCUT2D eigenvalue weighted by Gasteiger charge is -2.45. The molecule has 0 atom stereocenters. The number of halogens is 13. The van der Waals surface area contributed by atoms with Crippen LogP contribution in [-0.2, 0) is 0 Å². The molecule has 0 N–H and O–H groups in total. The van der Waals surface area contributed by atoms with Gasteiger partial charge in [-0.2, -0.15) is 57.1 Å². The summed E-state index contributed by atoms with van der Waals surface area (Å²) in [7, 11) is 0. The van der Waals surface area contributed by atoms with Gasteiger partial charge in [0.05, 0.1) is 6.42 Å². The molecule has 1 rings (SSSR count). The highest BCUT2D eigenvalue weighted by Crippen LogP contribution is 2.64. The summed E-state index contributed by atoms with van der Waals surface area (Å²) in [6, 6.07) is 0. The van der Waals surface area contributed by atoms with E-state index in [-0.39, 0.29) is 7.43 Å². The smallest absolute Gasteiger partial charge is 0.199 e. The van der Waals surface area contributed by atoms with E-state index in [0.717, 1.165) is 13.8 Å². The molecule has 1 aliphatic rings. The monoisotopic (exact) mass is 392 g/mol. The third-order valence-corrected chi connectivity index (χ3v) is 2.81. The molecule has 0 nitrogen and oxygen atoms in total. The van der Waals surface area contributed by atoms with Crippen LogP contribution in [0, 0.1) is 5.92 Å². The van der Waals surface area contributed by atoms with Crippen LogP contribution < -0.4 is 0 Å². The van der Waals surface area contributed by atoms with Crippen LogP contribution in [0.25, 0.3) is 0 Å². The zero-order valence-electron chi connectivity index (χ0n) is 11.2. The minimum absolute atomic E-state index is 0. The van der Waals surface area contributed by atoms with E-state index in [0.29, 0.717) is 0 Å². The molecule has 0 aromatic rings. The van der Waals surface area contributed by atoms with Gasteiger partial charge < -0.3 is 0 Å². The van der Waals surface area contributed by atoms with Gasteiger partial charge in [0, 0.05) is 5.92 Å². The van der Waals surface area contributed by atoms with E-state index < -0.39 is 48.1 Å². The minimum Gasteiger partial charge on any atom is -0.199 e. The first-order chi connectivity index (χ1) is 9.65. The normalized spacial score (nSPS) is 26.0. The first kappa shape index (κ1) is 25.3. The second kappa shape index (κ2) is 6.43. The van der Waals surface area contributed by atoms with Crippen LogP contribution in [0.5, 0.6) is 0 Å². The van der Waals surface area contributed by atoms with Crippen LogP contribution in [0.1, 0.15) is 27.7 Å². The molecule has 24 heavy (non-hydrogen) atoms. The molecule has 0 saturated heterocycles. The van der Waals surface area contributed by atoms with Gasteiger partial charge in [-0.1, -0.05) is 21.3 Å². The van der Waals surface area contributed by atoms with Crippen LogP contribution in [0.15, 0.2) is 0 Å². The van der Waals surface area contributed by atoms with E-state index in [2.05, 4.69) is 0 Å². The SMILES string of the molecule is C.CC(C)C(F)(F)F.FC1(F)CC(F)(F)C(F)(F)C(F)(F)C1(F)F. The van der Waals surface area contributed by atoms with Gasteiger partial charge in [0.2, 0.25) is 0 Å². The molecule has 0 spiro atoms. The molecular weight excluding hydrogens is 379 g/mol. The second-order valence-corrected chi connectivity index (χ2v) is 5.01. The Labute approximate surface area is 128 Å². The third-order valence-electron chi connectivity index (χ3n) is 2.81. The Hall–Kier alpha value is -0.910. The maximum Gasteiger partial charge on any atom is 0.391 e. The molecule has 0 bridgehead atoms. The zero-order chi connectivity index (χ0) is 19.3. The third kappa shape index (κ3) is 3.84. The van der Waals surface area contributed by atoms with Crippen molar-refractivity contribution in [3.05, 3.63) is 0 Å². The molecule has 0 aromatic heterocycles. The van der Waals surface area contributed by atoms with E-state index in [1.807, 2.05) is 0 Å². The average molecular weight is 392 g/mol. The van der Waals surface area contributed by atoms with Gasteiger partial charge in [-0.05, 0) is 0 Å². The van der Waals surface area contributed by atoms with Gasteiger partial charge in [-0.3, -0.25) is 0 Å². The largest absolute Gasteiger partial charge is 0.391 e. The lowest BCUT2D eigenvalue weighted by Crippen LogP contribution is -2.73. The van der Waals surface area contributed by atoms with Crippen LogP contribution in [0.3, 0.4) is 0 Å². The van der Waals surface area contributed by atoms with Crippen molar-refractivity contribution in [2.45, 2.75) is 63.5 Å². The molecule has 1 saturated carbocycles. The molecule has 148 valence electrons. The Kier molecular flexibility index (Phi) is 6.79. The molecule has 0 aromatic carbocycles. The van der Waals surface area contributed by atoms with Crippen molar-refractivity contribution in [3.63, 3.8) is 0 Å². The number of alkyl halides is 13. The average Bonchev–Trinajstić information content (AvgIpc) is 2.24. The lowest BCUT2D eigenvalue weighted by atomic mass is 9.83. The highest BCUT2D eigenvalue weighted by atomic mass is 19.4. The number of hydrogen-bond donors (Lipinski definition) is 0. The molecular formula is C11H13F13. The highest BCUT2D eigenvalue weighted by Gasteiger charge is 2.91. The van der Waals surface area contributed by atoms with Crippen molar-refractivity contribution in [2.24, 2.45) is 5.92 Å². The Balaban J connectivity index is 0. The Morgan fingerprint density at radius 2 is 0.833 bits per heavy atom. The van der Waals surface area contributed by atoms with Crippen molar-refractivity contribution in [1.82, 2.24) is 0 Å². The van der Waals surface area contributed by atoms with Crippen LogP contribution in [0.2, 0.25) is 0 Å². The maximum absolute atomic E-state index is 12.3. The standard InChI is InChI=1S/C6H2F10.C4H7F3.CH4/c7-2(8)1-3(9,10)5(13,14)6(15,16)4(2,11)12;1-3(2)4(5,6)7;/h1H2;3H,1-2H3;1H4. The van der Waals surface area contributed by atoms with Gasteiger partial charge >= 0.3 is 35.8 Å². The fourth-order valence-electron chi connectivity index (χ4n) is 1.16. The Bertz CT molecular complexity index is 390. The molecule has 13 heteroatoms. The zero-order valence-corrected chi connectivity index (χ0v) is 11.2. The summed E-state index contributed by atoms with van der Waals surface area (Å²) in [5.41, 5.74) is 0. The van der Waals surface area contributed by atoms with E-state index in [1.165, 1.54) is 0 Å². The highest BCUT2D eigenvalue weighted by molar-refractivity contribution is 5.15. The number of rotatable bonds is 0. The Morgan fingerprint density at radius 3 is 1.00 bits per heavy atom. The fourth-order valence-corrected chi connectivity index (χ4v) is 1.16. The molecule has 1 aliphatic carbocycles. The quantitative estimate of drug-likeness (QED) is 0.418. The van der Waals surface area contributed by atoms with Gasteiger partial charge in [-0.25, -0.2) is 0 Å².